The third-order valence-electron chi connectivity index (χ3n) is 2.01. The molecule has 1 rings (SSSR count). The molecular weight excluding hydrogens is 220 g/mol. The number of amides is 3. The fraction of sp³-hybridized carbons (Fsp3) is 0.625. The van der Waals surface area contributed by atoms with E-state index in [1.54, 1.807) is 11.8 Å². The van der Waals surface area contributed by atoms with E-state index in [1.807, 2.05) is 6.26 Å². The lowest BCUT2D eigenvalue weighted by atomic mass is 10.2. The smallest absolute Gasteiger partial charge is 0.325 e. The molecule has 0 aliphatic carbocycles. The van der Waals surface area contributed by atoms with Crippen molar-refractivity contribution in [1.29, 1.82) is 0 Å². The van der Waals surface area contributed by atoms with Gasteiger partial charge in [-0.05, 0) is 18.4 Å². The molecule has 15 heavy (non-hydrogen) atoms. The predicted octanol–water partition coefficient (Wildman–Crippen LogP) is -0.256. The van der Waals surface area contributed by atoms with Gasteiger partial charge in [-0.1, -0.05) is 0 Å². The van der Waals surface area contributed by atoms with E-state index in [-0.39, 0.29) is 0 Å². The molecule has 0 radical (unpaired) electrons. The number of aliphatic carboxylic acids is 1. The van der Waals surface area contributed by atoms with Gasteiger partial charge in [0, 0.05) is 0 Å². The van der Waals surface area contributed by atoms with E-state index >= 15 is 0 Å². The molecule has 3 amide bonds. The van der Waals surface area contributed by atoms with Gasteiger partial charge in [0.25, 0.3) is 5.91 Å². The molecule has 1 atom stereocenters. The van der Waals surface area contributed by atoms with E-state index in [0.29, 0.717) is 6.42 Å². The molecule has 6 nitrogen and oxygen atoms in total. The Kier molecular flexibility index (Phi) is 3.96. The summed E-state index contributed by atoms with van der Waals surface area (Å²) in [5.41, 5.74) is 0. The Hall–Kier alpha value is -1.24. The summed E-state index contributed by atoms with van der Waals surface area (Å²) in [6, 6.07) is -1.18. The summed E-state index contributed by atoms with van der Waals surface area (Å²) < 4.78 is 0. The maximum atomic E-state index is 11.5. The number of hydrogen-bond acceptors (Lipinski definition) is 4. The lowest BCUT2D eigenvalue weighted by Gasteiger charge is -2.09. The van der Waals surface area contributed by atoms with Gasteiger partial charge in [-0.25, -0.2) is 4.79 Å². The lowest BCUT2D eigenvalue weighted by molar-refractivity contribution is -0.141. The molecule has 84 valence electrons. The van der Waals surface area contributed by atoms with E-state index in [4.69, 9.17) is 5.11 Å². The maximum Gasteiger partial charge on any atom is 0.325 e. The quantitative estimate of drug-likeness (QED) is 0.638. The molecule has 1 saturated heterocycles. The van der Waals surface area contributed by atoms with Gasteiger partial charge in [0.1, 0.15) is 12.6 Å². The van der Waals surface area contributed by atoms with E-state index < -0.39 is 30.5 Å². The number of imide groups is 1. The van der Waals surface area contributed by atoms with Crippen LogP contribution in [0.4, 0.5) is 4.79 Å². The standard InChI is InChI=1S/C8H12N2O4S/c1-15-3-2-5-7(13)10(4-6(11)12)8(14)9-5/h5H,2-4H2,1H3,(H,9,14)(H,11,12). The summed E-state index contributed by atoms with van der Waals surface area (Å²) in [4.78, 5) is 33.9. The summed E-state index contributed by atoms with van der Waals surface area (Å²) in [6.07, 6.45) is 2.43. The Morgan fingerprint density at radius 2 is 2.27 bits per heavy atom. The summed E-state index contributed by atoms with van der Waals surface area (Å²) in [7, 11) is 0. The largest absolute Gasteiger partial charge is 0.480 e. The van der Waals surface area contributed by atoms with Gasteiger partial charge in [-0.3, -0.25) is 14.5 Å². The molecule has 0 spiro atoms. The van der Waals surface area contributed by atoms with E-state index in [0.717, 1.165) is 10.7 Å². The average molecular weight is 232 g/mol. The molecule has 0 saturated carbocycles. The number of carboxylic acid groups (broad SMARTS) is 1. The number of hydrogen-bond donors (Lipinski definition) is 2. The topological polar surface area (TPSA) is 86.7 Å². The Morgan fingerprint density at radius 3 is 2.80 bits per heavy atom. The fourth-order valence-corrected chi connectivity index (χ4v) is 1.76. The van der Waals surface area contributed by atoms with Crippen molar-refractivity contribution >= 4 is 29.7 Å². The van der Waals surface area contributed by atoms with Gasteiger partial charge in [-0.2, -0.15) is 11.8 Å². The highest BCUT2D eigenvalue weighted by molar-refractivity contribution is 7.98. The SMILES string of the molecule is CSCCC1NC(=O)N(CC(=O)O)C1=O. The lowest BCUT2D eigenvalue weighted by Crippen LogP contribution is -2.36. The molecule has 1 aliphatic rings. The van der Waals surface area contributed by atoms with Gasteiger partial charge >= 0.3 is 12.0 Å². The molecule has 0 aromatic rings. The third kappa shape index (κ3) is 2.85. The van der Waals surface area contributed by atoms with Gasteiger partial charge in [0.05, 0.1) is 0 Å². The molecule has 1 heterocycles. The zero-order chi connectivity index (χ0) is 11.4. The molecule has 0 aromatic carbocycles. The van der Waals surface area contributed by atoms with Crippen LogP contribution in [0.15, 0.2) is 0 Å². The van der Waals surface area contributed by atoms with Crippen LogP contribution in [-0.2, 0) is 9.59 Å². The van der Waals surface area contributed by atoms with Crippen molar-refractivity contribution in [3.05, 3.63) is 0 Å². The molecular formula is C8H12N2O4S. The first-order valence-electron chi connectivity index (χ1n) is 4.39. The molecule has 2 N–H and O–H groups in total. The second-order valence-electron chi connectivity index (χ2n) is 3.10. The van der Waals surface area contributed by atoms with Crippen molar-refractivity contribution < 1.29 is 19.5 Å². The van der Waals surface area contributed by atoms with Crippen LogP contribution in [0.5, 0.6) is 0 Å². The number of rotatable bonds is 5. The monoisotopic (exact) mass is 232 g/mol. The number of carbonyl (C=O) groups excluding carboxylic acids is 2. The number of carbonyl (C=O) groups is 3. The van der Waals surface area contributed by atoms with Gasteiger partial charge in [0.2, 0.25) is 0 Å². The maximum absolute atomic E-state index is 11.5. The first kappa shape index (κ1) is 11.8. The second kappa shape index (κ2) is 5.01. The molecule has 1 aliphatic heterocycles. The summed E-state index contributed by atoms with van der Waals surface area (Å²) in [6.45, 7) is -0.569. The van der Waals surface area contributed by atoms with Crippen LogP contribution in [0.2, 0.25) is 0 Å². The molecule has 7 heteroatoms. The highest BCUT2D eigenvalue weighted by Crippen LogP contribution is 2.11. The summed E-state index contributed by atoms with van der Waals surface area (Å²) in [5.74, 6) is -0.891. The van der Waals surface area contributed by atoms with Crippen LogP contribution in [0, 0.1) is 0 Å². The molecule has 0 aromatic heterocycles. The van der Waals surface area contributed by atoms with Crippen molar-refractivity contribution in [3.8, 4) is 0 Å². The summed E-state index contributed by atoms with van der Waals surface area (Å²) in [5, 5.41) is 10.9. The number of nitrogens with zero attached hydrogens (tertiary/aromatic N) is 1. The van der Waals surface area contributed by atoms with Gasteiger partial charge in [0.15, 0.2) is 0 Å². The van der Waals surface area contributed by atoms with Crippen LogP contribution in [0.25, 0.3) is 0 Å². The minimum Gasteiger partial charge on any atom is -0.480 e. The Balaban J connectivity index is 2.58. The molecule has 1 fully saturated rings. The normalized spacial score (nSPS) is 20.6. The first-order chi connectivity index (χ1) is 7.06. The van der Waals surface area contributed by atoms with E-state index in [9.17, 15) is 14.4 Å². The van der Waals surface area contributed by atoms with Crippen molar-refractivity contribution in [2.45, 2.75) is 12.5 Å². The number of urea groups is 1. The third-order valence-corrected chi connectivity index (χ3v) is 2.65. The van der Waals surface area contributed by atoms with Crippen LogP contribution >= 0.6 is 11.8 Å². The highest BCUT2D eigenvalue weighted by atomic mass is 32.2. The van der Waals surface area contributed by atoms with Crippen LogP contribution in [-0.4, -0.2) is 52.5 Å². The van der Waals surface area contributed by atoms with Crippen molar-refractivity contribution in [1.82, 2.24) is 10.2 Å². The van der Waals surface area contributed by atoms with E-state index in [1.165, 1.54) is 0 Å². The Bertz CT molecular complexity index is 294. The number of carboxylic acids is 1. The first-order valence-corrected chi connectivity index (χ1v) is 5.78. The second-order valence-corrected chi connectivity index (χ2v) is 4.09. The van der Waals surface area contributed by atoms with Gasteiger partial charge in [-0.15, -0.1) is 0 Å². The minimum absolute atomic E-state index is 0.448. The highest BCUT2D eigenvalue weighted by Gasteiger charge is 2.38. The fourth-order valence-electron chi connectivity index (χ4n) is 1.29. The van der Waals surface area contributed by atoms with Crippen LogP contribution in [0.1, 0.15) is 6.42 Å². The zero-order valence-corrected chi connectivity index (χ0v) is 9.04. The van der Waals surface area contributed by atoms with Crippen molar-refractivity contribution in [2.75, 3.05) is 18.6 Å². The average Bonchev–Trinajstić information content (AvgIpc) is 2.42. The predicted molar refractivity (Wildman–Crippen MR) is 54.7 cm³/mol. The van der Waals surface area contributed by atoms with Crippen molar-refractivity contribution in [3.63, 3.8) is 0 Å². The van der Waals surface area contributed by atoms with Crippen LogP contribution in [0.3, 0.4) is 0 Å². The zero-order valence-electron chi connectivity index (χ0n) is 8.23. The van der Waals surface area contributed by atoms with E-state index in [2.05, 4.69) is 5.32 Å². The minimum atomic E-state index is -1.19. The summed E-state index contributed by atoms with van der Waals surface area (Å²) >= 11 is 1.57. The molecule has 1 unspecified atom stereocenters. The molecule has 0 bridgehead atoms. The van der Waals surface area contributed by atoms with Crippen LogP contribution < -0.4 is 5.32 Å². The van der Waals surface area contributed by atoms with Crippen molar-refractivity contribution in [2.24, 2.45) is 0 Å². The number of thioether (sulfide) groups is 1. The Morgan fingerprint density at radius 1 is 1.60 bits per heavy atom. The van der Waals surface area contributed by atoms with Gasteiger partial charge < -0.3 is 10.4 Å². The Labute approximate surface area is 91.0 Å². The number of nitrogens with one attached hydrogen (secondary N) is 1.